The highest BCUT2D eigenvalue weighted by atomic mass is 19.1. The standard InChI is InChI=1S/C17H21F2N3/c1-2-16(14-6-5-13(18)10-15(14)19)21-11-12-4-3-8-22-9-7-20-17(12)22/h5-7,9-10,12,16,21H,2-4,8,11H2,1H3/t12-,16+/m0/s1. The zero-order valence-corrected chi connectivity index (χ0v) is 12.7. The van der Waals surface area contributed by atoms with E-state index in [9.17, 15) is 8.78 Å². The van der Waals surface area contributed by atoms with Crippen LogP contribution in [0.3, 0.4) is 0 Å². The Morgan fingerprint density at radius 2 is 2.27 bits per heavy atom. The van der Waals surface area contributed by atoms with Crippen LogP contribution in [0.1, 0.15) is 49.5 Å². The molecule has 0 radical (unpaired) electrons. The van der Waals surface area contributed by atoms with Crippen molar-refractivity contribution in [2.45, 2.75) is 44.7 Å². The molecule has 1 N–H and O–H groups in total. The third-order valence-electron chi connectivity index (χ3n) is 4.42. The number of aryl methyl sites for hydroxylation is 1. The molecular formula is C17H21F2N3. The predicted octanol–water partition coefficient (Wildman–Crippen LogP) is 3.78. The molecular weight excluding hydrogens is 284 g/mol. The SMILES string of the molecule is CC[C@@H](NC[C@@H]1CCCn2ccnc21)c1ccc(F)cc1F. The van der Waals surface area contributed by atoms with Crippen LogP contribution in [0.5, 0.6) is 0 Å². The quantitative estimate of drug-likeness (QED) is 0.911. The summed E-state index contributed by atoms with van der Waals surface area (Å²) >= 11 is 0. The van der Waals surface area contributed by atoms with Crippen LogP contribution in [0.15, 0.2) is 30.6 Å². The number of aromatic nitrogens is 2. The minimum absolute atomic E-state index is 0.106. The van der Waals surface area contributed by atoms with E-state index >= 15 is 0 Å². The van der Waals surface area contributed by atoms with Crippen LogP contribution in [0.2, 0.25) is 0 Å². The molecule has 0 unspecified atom stereocenters. The van der Waals surface area contributed by atoms with E-state index in [1.54, 1.807) is 0 Å². The number of hydrogen-bond donors (Lipinski definition) is 1. The molecule has 2 aromatic rings. The van der Waals surface area contributed by atoms with Crippen LogP contribution < -0.4 is 5.32 Å². The fraction of sp³-hybridized carbons (Fsp3) is 0.471. The summed E-state index contributed by atoms with van der Waals surface area (Å²) in [7, 11) is 0. The molecule has 2 heterocycles. The number of imidazole rings is 1. The van der Waals surface area contributed by atoms with Gasteiger partial charge in [0.2, 0.25) is 0 Å². The Hall–Kier alpha value is -1.75. The van der Waals surface area contributed by atoms with Crippen LogP contribution in [-0.4, -0.2) is 16.1 Å². The number of rotatable bonds is 5. The summed E-state index contributed by atoms with van der Waals surface area (Å²) < 4.78 is 29.2. The summed E-state index contributed by atoms with van der Waals surface area (Å²) in [5, 5.41) is 3.43. The smallest absolute Gasteiger partial charge is 0.130 e. The normalized spacial score (nSPS) is 19.0. The Kier molecular flexibility index (Phi) is 4.52. The highest BCUT2D eigenvalue weighted by Gasteiger charge is 2.23. The maximum Gasteiger partial charge on any atom is 0.130 e. The summed E-state index contributed by atoms with van der Waals surface area (Å²) in [6.45, 7) is 3.78. The van der Waals surface area contributed by atoms with Gasteiger partial charge >= 0.3 is 0 Å². The third-order valence-corrected chi connectivity index (χ3v) is 4.42. The van der Waals surface area contributed by atoms with E-state index in [4.69, 9.17) is 0 Å². The molecule has 1 aromatic heterocycles. The summed E-state index contributed by atoms with van der Waals surface area (Å²) in [4.78, 5) is 4.44. The number of nitrogens with zero attached hydrogens (tertiary/aromatic N) is 2. The fourth-order valence-electron chi connectivity index (χ4n) is 3.24. The van der Waals surface area contributed by atoms with Gasteiger partial charge in [0.05, 0.1) is 0 Å². The molecule has 0 amide bonds. The van der Waals surface area contributed by atoms with E-state index in [0.29, 0.717) is 11.5 Å². The largest absolute Gasteiger partial charge is 0.335 e. The molecule has 2 atom stereocenters. The Morgan fingerprint density at radius 3 is 3.05 bits per heavy atom. The summed E-state index contributed by atoms with van der Waals surface area (Å²) in [5.41, 5.74) is 0.531. The lowest BCUT2D eigenvalue weighted by atomic mass is 9.97. The van der Waals surface area contributed by atoms with Gasteiger partial charge in [0.25, 0.3) is 0 Å². The summed E-state index contributed by atoms with van der Waals surface area (Å²) in [5.74, 6) is 0.435. The highest BCUT2D eigenvalue weighted by molar-refractivity contribution is 5.22. The summed E-state index contributed by atoms with van der Waals surface area (Å²) in [6.07, 6.45) is 6.83. The topological polar surface area (TPSA) is 29.9 Å². The lowest BCUT2D eigenvalue weighted by molar-refractivity contribution is 0.393. The average Bonchev–Trinajstić information content (AvgIpc) is 2.98. The number of fused-ring (bicyclic) bond motifs is 1. The van der Waals surface area contributed by atoms with Crippen LogP contribution in [0, 0.1) is 11.6 Å². The number of hydrogen-bond acceptors (Lipinski definition) is 2. The van der Waals surface area contributed by atoms with Crippen molar-refractivity contribution in [3.05, 3.63) is 53.6 Å². The second-order valence-electron chi connectivity index (χ2n) is 5.85. The number of halogens is 2. The summed E-state index contributed by atoms with van der Waals surface area (Å²) in [6, 6.07) is 3.70. The Balaban J connectivity index is 1.70. The van der Waals surface area contributed by atoms with Gasteiger partial charge in [-0.15, -0.1) is 0 Å². The van der Waals surface area contributed by atoms with Crippen molar-refractivity contribution in [2.24, 2.45) is 0 Å². The average molecular weight is 305 g/mol. The third kappa shape index (κ3) is 3.04. The Labute approximate surface area is 129 Å². The van der Waals surface area contributed by atoms with Gasteiger partial charge in [0.1, 0.15) is 17.5 Å². The van der Waals surface area contributed by atoms with Crippen molar-refractivity contribution in [1.82, 2.24) is 14.9 Å². The maximum absolute atomic E-state index is 13.9. The molecule has 0 bridgehead atoms. The molecule has 5 heteroatoms. The van der Waals surface area contributed by atoms with Crippen molar-refractivity contribution < 1.29 is 8.78 Å². The first-order valence-corrected chi connectivity index (χ1v) is 7.88. The zero-order chi connectivity index (χ0) is 15.5. The molecule has 1 aliphatic rings. The molecule has 0 saturated carbocycles. The molecule has 3 rings (SSSR count). The van der Waals surface area contributed by atoms with Gasteiger partial charge in [-0.05, 0) is 25.3 Å². The first-order valence-electron chi connectivity index (χ1n) is 7.88. The number of benzene rings is 1. The van der Waals surface area contributed by atoms with Crippen molar-refractivity contribution in [2.75, 3.05) is 6.54 Å². The van der Waals surface area contributed by atoms with Gasteiger partial charge in [-0.1, -0.05) is 13.0 Å². The number of nitrogens with one attached hydrogen (secondary N) is 1. The Bertz CT molecular complexity index is 639. The highest BCUT2D eigenvalue weighted by Crippen LogP contribution is 2.27. The van der Waals surface area contributed by atoms with Gasteiger partial charge < -0.3 is 9.88 Å². The predicted molar refractivity (Wildman–Crippen MR) is 81.6 cm³/mol. The van der Waals surface area contributed by atoms with Gasteiger partial charge in [-0.2, -0.15) is 0 Å². The molecule has 0 fully saturated rings. The molecule has 118 valence electrons. The van der Waals surface area contributed by atoms with Crippen molar-refractivity contribution >= 4 is 0 Å². The zero-order valence-electron chi connectivity index (χ0n) is 12.7. The minimum atomic E-state index is -0.537. The van der Waals surface area contributed by atoms with Crippen molar-refractivity contribution in [3.8, 4) is 0 Å². The van der Waals surface area contributed by atoms with Gasteiger partial charge in [-0.3, -0.25) is 0 Å². The van der Waals surface area contributed by atoms with Crippen LogP contribution in [-0.2, 0) is 6.54 Å². The van der Waals surface area contributed by atoms with Gasteiger partial charge in [0.15, 0.2) is 0 Å². The lowest BCUT2D eigenvalue weighted by Crippen LogP contribution is -2.30. The second kappa shape index (κ2) is 6.57. The molecule has 22 heavy (non-hydrogen) atoms. The van der Waals surface area contributed by atoms with Crippen LogP contribution in [0.4, 0.5) is 8.78 Å². The van der Waals surface area contributed by atoms with Gasteiger partial charge in [-0.25, -0.2) is 13.8 Å². The van der Waals surface area contributed by atoms with Crippen LogP contribution >= 0.6 is 0 Å². The molecule has 0 aliphatic carbocycles. The molecule has 0 saturated heterocycles. The maximum atomic E-state index is 13.9. The molecule has 3 nitrogen and oxygen atoms in total. The van der Waals surface area contributed by atoms with E-state index in [2.05, 4.69) is 14.9 Å². The lowest BCUT2D eigenvalue weighted by Gasteiger charge is -2.26. The van der Waals surface area contributed by atoms with E-state index in [1.807, 2.05) is 19.3 Å². The van der Waals surface area contributed by atoms with E-state index in [1.165, 1.54) is 12.1 Å². The molecule has 1 aliphatic heterocycles. The van der Waals surface area contributed by atoms with Crippen LogP contribution in [0.25, 0.3) is 0 Å². The first-order chi connectivity index (χ1) is 10.7. The minimum Gasteiger partial charge on any atom is -0.335 e. The van der Waals surface area contributed by atoms with Gasteiger partial charge in [0, 0.05) is 49.1 Å². The molecule has 1 aromatic carbocycles. The van der Waals surface area contributed by atoms with E-state index in [-0.39, 0.29) is 6.04 Å². The first kappa shape index (κ1) is 15.2. The fourth-order valence-corrected chi connectivity index (χ4v) is 3.24. The van der Waals surface area contributed by atoms with E-state index < -0.39 is 11.6 Å². The second-order valence-corrected chi connectivity index (χ2v) is 5.85. The molecule has 0 spiro atoms. The Morgan fingerprint density at radius 1 is 1.41 bits per heavy atom. The van der Waals surface area contributed by atoms with E-state index in [0.717, 1.165) is 44.2 Å². The van der Waals surface area contributed by atoms with Crippen molar-refractivity contribution in [3.63, 3.8) is 0 Å². The van der Waals surface area contributed by atoms with Crippen molar-refractivity contribution in [1.29, 1.82) is 0 Å². The monoisotopic (exact) mass is 305 g/mol.